The van der Waals surface area contributed by atoms with E-state index >= 15 is 0 Å². The van der Waals surface area contributed by atoms with Gasteiger partial charge in [0.1, 0.15) is 12.6 Å². The minimum atomic E-state index is -0.896. The van der Waals surface area contributed by atoms with Gasteiger partial charge in [-0.05, 0) is 41.5 Å². The fourth-order valence-electron chi connectivity index (χ4n) is 5.37. The molecule has 2 atom stereocenters. The van der Waals surface area contributed by atoms with E-state index in [1.807, 2.05) is 38.1 Å². The van der Waals surface area contributed by atoms with Gasteiger partial charge < -0.3 is 20.1 Å². The third kappa shape index (κ3) is 4.39. The number of nitrogens with one attached hydrogen (secondary N) is 1. The lowest BCUT2D eigenvalue weighted by Crippen LogP contribution is -2.48. The van der Waals surface area contributed by atoms with Crippen molar-refractivity contribution in [1.29, 1.82) is 0 Å². The van der Waals surface area contributed by atoms with E-state index in [2.05, 4.69) is 29.6 Å². The number of amides is 2. The molecule has 1 saturated heterocycles. The molecule has 1 aliphatic heterocycles. The van der Waals surface area contributed by atoms with Gasteiger partial charge in [-0.25, -0.2) is 4.79 Å². The first-order chi connectivity index (χ1) is 16.4. The fraction of sp³-hybridized carbons (Fsp3) is 0.444. The number of hydrogen-bond donors (Lipinski definition) is 2. The van der Waals surface area contributed by atoms with Crippen LogP contribution in [0.5, 0.6) is 0 Å². The standard InChI is InChI=1S/C27H32N2O5/c1-3-13-27(25(31)32)14-15-29(17-27)24(30)23(4-2)28-26(33)34-16-22-20-11-7-5-9-18(20)19-10-6-8-12-21(19)22/h5-12,22-23H,3-4,13-17H2,1-2H3,(H,28,33)(H,31,32)/t23-,27?/m1/s1. The number of fused-ring (bicyclic) bond motifs is 3. The van der Waals surface area contributed by atoms with Crippen LogP contribution in [-0.2, 0) is 14.3 Å². The van der Waals surface area contributed by atoms with E-state index in [1.165, 1.54) is 0 Å². The summed E-state index contributed by atoms with van der Waals surface area (Å²) >= 11 is 0. The van der Waals surface area contributed by atoms with Crippen LogP contribution < -0.4 is 5.32 Å². The topological polar surface area (TPSA) is 95.9 Å². The molecule has 2 aromatic rings. The number of carboxylic acids is 1. The maximum Gasteiger partial charge on any atom is 0.407 e. The summed E-state index contributed by atoms with van der Waals surface area (Å²) in [5.41, 5.74) is 3.65. The summed E-state index contributed by atoms with van der Waals surface area (Å²) in [6.45, 7) is 4.50. The minimum absolute atomic E-state index is 0.0577. The molecule has 2 N–H and O–H groups in total. The highest BCUT2D eigenvalue weighted by molar-refractivity contribution is 5.87. The lowest BCUT2D eigenvalue weighted by molar-refractivity contribution is -0.149. The van der Waals surface area contributed by atoms with Gasteiger partial charge in [0.05, 0.1) is 5.41 Å². The van der Waals surface area contributed by atoms with E-state index in [4.69, 9.17) is 4.74 Å². The summed E-state index contributed by atoms with van der Waals surface area (Å²) in [6.07, 6.45) is 1.46. The van der Waals surface area contributed by atoms with Crippen molar-refractivity contribution in [3.63, 3.8) is 0 Å². The number of ether oxygens (including phenoxy) is 1. The Kier molecular flexibility index (Phi) is 6.91. The molecule has 0 spiro atoms. The van der Waals surface area contributed by atoms with Crippen molar-refractivity contribution >= 4 is 18.0 Å². The van der Waals surface area contributed by atoms with Crippen molar-refractivity contribution in [2.24, 2.45) is 5.41 Å². The van der Waals surface area contributed by atoms with Crippen molar-refractivity contribution in [3.05, 3.63) is 59.7 Å². The third-order valence-electron chi connectivity index (χ3n) is 7.19. The van der Waals surface area contributed by atoms with E-state index in [9.17, 15) is 19.5 Å². The summed E-state index contributed by atoms with van der Waals surface area (Å²) in [5.74, 6) is -1.17. The van der Waals surface area contributed by atoms with Gasteiger partial charge in [-0.1, -0.05) is 68.8 Å². The molecular weight excluding hydrogens is 432 g/mol. The Bertz CT molecular complexity index is 1040. The molecule has 0 bridgehead atoms. The molecule has 1 heterocycles. The van der Waals surface area contributed by atoms with E-state index in [0.717, 1.165) is 28.7 Å². The summed E-state index contributed by atoms with van der Waals surface area (Å²) < 4.78 is 5.59. The smallest absolute Gasteiger partial charge is 0.407 e. The molecule has 0 aromatic heterocycles. The number of likely N-dealkylation sites (tertiary alicyclic amines) is 1. The average Bonchev–Trinajstić information content (AvgIpc) is 3.42. The zero-order valence-electron chi connectivity index (χ0n) is 19.8. The van der Waals surface area contributed by atoms with Crippen molar-refractivity contribution in [1.82, 2.24) is 10.2 Å². The SMILES string of the molecule is CCCC1(C(=O)O)CCN(C(=O)[C@@H](CC)NC(=O)OCC2c3ccccc3-c3ccccc32)C1. The van der Waals surface area contributed by atoms with Crippen LogP contribution in [0.3, 0.4) is 0 Å². The van der Waals surface area contributed by atoms with Crippen LogP contribution >= 0.6 is 0 Å². The molecule has 2 aromatic carbocycles. The Balaban J connectivity index is 1.38. The predicted molar refractivity (Wildman–Crippen MR) is 128 cm³/mol. The Morgan fingerprint density at radius 1 is 1.09 bits per heavy atom. The molecule has 34 heavy (non-hydrogen) atoms. The summed E-state index contributed by atoms with van der Waals surface area (Å²) in [5, 5.41) is 12.4. The molecule has 7 nitrogen and oxygen atoms in total. The summed E-state index contributed by atoms with van der Waals surface area (Å²) in [6, 6.07) is 15.5. The van der Waals surface area contributed by atoms with Crippen LogP contribution in [0.4, 0.5) is 4.79 Å². The van der Waals surface area contributed by atoms with Crippen molar-refractivity contribution in [2.45, 2.75) is 51.5 Å². The quantitative estimate of drug-likeness (QED) is 0.603. The summed E-state index contributed by atoms with van der Waals surface area (Å²) in [7, 11) is 0. The molecule has 180 valence electrons. The second kappa shape index (κ2) is 9.87. The Hall–Kier alpha value is -3.35. The number of carboxylic acid groups (broad SMARTS) is 1. The molecule has 1 fully saturated rings. The number of rotatable bonds is 8. The van der Waals surface area contributed by atoms with Crippen LogP contribution in [0, 0.1) is 5.41 Å². The molecule has 1 unspecified atom stereocenters. The number of nitrogens with zero attached hydrogens (tertiary/aromatic N) is 1. The second-order valence-electron chi connectivity index (χ2n) is 9.28. The normalized spacial score (nSPS) is 19.9. The van der Waals surface area contributed by atoms with E-state index in [1.54, 1.807) is 4.90 Å². The Labute approximate surface area is 200 Å². The van der Waals surface area contributed by atoms with Gasteiger partial charge in [-0.15, -0.1) is 0 Å². The van der Waals surface area contributed by atoms with Crippen LogP contribution in [-0.4, -0.2) is 53.7 Å². The van der Waals surface area contributed by atoms with Crippen molar-refractivity contribution < 1.29 is 24.2 Å². The number of aliphatic carboxylic acids is 1. The number of alkyl carbamates (subject to hydrolysis) is 1. The van der Waals surface area contributed by atoms with Crippen molar-refractivity contribution in [2.75, 3.05) is 19.7 Å². The van der Waals surface area contributed by atoms with Gasteiger partial charge >= 0.3 is 12.1 Å². The molecule has 2 aliphatic rings. The van der Waals surface area contributed by atoms with Gasteiger partial charge in [0.2, 0.25) is 5.91 Å². The monoisotopic (exact) mass is 464 g/mol. The van der Waals surface area contributed by atoms with Gasteiger partial charge in [0.25, 0.3) is 0 Å². The lowest BCUT2D eigenvalue weighted by Gasteiger charge is -2.26. The predicted octanol–water partition coefficient (Wildman–Crippen LogP) is 4.41. The maximum atomic E-state index is 13.1. The number of carbonyl (C=O) groups excluding carboxylic acids is 2. The van der Waals surface area contributed by atoms with Gasteiger partial charge in [-0.3, -0.25) is 9.59 Å². The first kappa shape index (κ1) is 23.8. The number of hydrogen-bond acceptors (Lipinski definition) is 4. The zero-order valence-corrected chi connectivity index (χ0v) is 19.8. The van der Waals surface area contributed by atoms with Gasteiger partial charge in [-0.2, -0.15) is 0 Å². The van der Waals surface area contributed by atoms with Crippen LogP contribution in [0.15, 0.2) is 48.5 Å². The lowest BCUT2D eigenvalue weighted by atomic mass is 9.83. The van der Waals surface area contributed by atoms with Crippen LogP contribution in [0.25, 0.3) is 11.1 Å². The minimum Gasteiger partial charge on any atom is -0.481 e. The van der Waals surface area contributed by atoms with Crippen LogP contribution in [0.2, 0.25) is 0 Å². The van der Waals surface area contributed by atoms with E-state index < -0.39 is 23.5 Å². The van der Waals surface area contributed by atoms with Gasteiger partial charge in [0.15, 0.2) is 0 Å². The average molecular weight is 465 g/mol. The molecule has 1 aliphatic carbocycles. The Morgan fingerprint density at radius 2 is 1.71 bits per heavy atom. The molecule has 4 rings (SSSR count). The third-order valence-corrected chi connectivity index (χ3v) is 7.19. The summed E-state index contributed by atoms with van der Waals surface area (Å²) in [4.78, 5) is 39.2. The second-order valence-corrected chi connectivity index (χ2v) is 9.28. The zero-order chi connectivity index (χ0) is 24.3. The van der Waals surface area contributed by atoms with E-state index in [-0.39, 0.29) is 25.0 Å². The largest absolute Gasteiger partial charge is 0.481 e. The highest BCUT2D eigenvalue weighted by atomic mass is 16.5. The molecule has 7 heteroatoms. The van der Waals surface area contributed by atoms with Crippen molar-refractivity contribution in [3.8, 4) is 11.1 Å². The van der Waals surface area contributed by atoms with Crippen LogP contribution in [0.1, 0.15) is 56.6 Å². The first-order valence-corrected chi connectivity index (χ1v) is 12.0. The first-order valence-electron chi connectivity index (χ1n) is 12.0. The number of carbonyl (C=O) groups is 3. The number of benzene rings is 2. The van der Waals surface area contributed by atoms with E-state index in [0.29, 0.717) is 25.8 Å². The Morgan fingerprint density at radius 3 is 2.26 bits per heavy atom. The highest BCUT2D eigenvalue weighted by Crippen LogP contribution is 2.44. The fourth-order valence-corrected chi connectivity index (χ4v) is 5.37. The highest BCUT2D eigenvalue weighted by Gasteiger charge is 2.46. The van der Waals surface area contributed by atoms with Gasteiger partial charge in [0, 0.05) is 19.0 Å². The molecule has 0 radical (unpaired) electrons. The molecule has 0 saturated carbocycles. The molecule has 2 amide bonds. The maximum absolute atomic E-state index is 13.1. The molecular formula is C27H32N2O5.